The Balaban J connectivity index is 2.20. The molecule has 134 valence electrons. The molecule has 0 radical (unpaired) electrons. The Hall–Kier alpha value is -1.96. The average Bonchev–Trinajstić information content (AvgIpc) is 2.50. The number of nitrogens with one attached hydrogen (secondary N) is 1. The number of hydrogen-bond acceptors (Lipinski definition) is 4. The van der Waals surface area contributed by atoms with Gasteiger partial charge in [-0.25, -0.2) is 8.42 Å². The molecule has 0 unspecified atom stereocenters. The summed E-state index contributed by atoms with van der Waals surface area (Å²) in [6.07, 6.45) is 1.03. The molecular formula is C16H16Cl2N2O4S. The number of halogens is 2. The van der Waals surface area contributed by atoms with Gasteiger partial charge in [0.15, 0.2) is 0 Å². The number of hydrogen-bond donors (Lipinski definition) is 1. The van der Waals surface area contributed by atoms with E-state index in [9.17, 15) is 13.2 Å². The van der Waals surface area contributed by atoms with Crippen molar-refractivity contribution in [2.45, 2.75) is 0 Å². The molecule has 0 spiro atoms. The zero-order valence-electron chi connectivity index (χ0n) is 13.5. The Labute approximate surface area is 156 Å². The predicted octanol–water partition coefficient (Wildman–Crippen LogP) is 3.41. The molecule has 0 aliphatic heterocycles. The molecule has 2 rings (SSSR count). The first-order valence-corrected chi connectivity index (χ1v) is 9.67. The van der Waals surface area contributed by atoms with E-state index in [0.717, 1.165) is 10.6 Å². The van der Waals surface area contributed by atoms with Crippen LogP contribution in [0.2, 0.25) is 10.0 Å². The average molecular weight is 403 g/mol. The maximum Gasteiger partial charge on any atom is 0.245 e. The highest BCUT2D eigenvalue weighted by atomic mass is 35.5. The lowest BCUT2D eigenvalue weighted by atomic mass is 10.3. The lowest BCUT2D eigenvalue weighted by Gasteiger charge is -2.22. The number of rotatable bonds is 6. The summed E-state index contributed by atoms with van der Waals surface area (Å²) >= 11 is 11.8. The van der Waals surface area contributed by atoms with Crippen LogP contribution >= 0.6 is 23.2 Å². The van der Waals surface area contributed by atoms with Crippen LogP contribution in [0, 0.1) is 0 Å². The summed E-state index contributed by atoms with van der Waals surface area (Å²) in [6.45, 7) is -0.394. The topological polar surface area (TPSA) is 75.7 Å². The summed E-state index contributed by atoms with van der Waals surface area (Å²) in [7, 11) is -2.15. The number of ether oxygens (including phenoxy) is 1. The Kier molecular flexibility index (Phi) is 6.16. The van der Waals surface area contributed by atoms with E-state index in [1.807, 2.05) is 0 Å². The third-order valence-corrected chi connectivity index (χ3v) is 4.77. The summed E-state index contributed by atoms with van der Waals surface area (Å²) in [4.78, 5) is 12.3. The van der Waals surface area contributed by atoms with Gasteiger partial charge in [-0.2, -0.15) is 0 Å². The van der Waals surface area contributed by atoms with Crippen LogP contribution in [0.5, 0.6) is 5.75 Å². The minimum atomic E-state index is -3.66. The van der Waals surface area contributed by atoms with E-state index in [0.29, 0.717) is 27.2 Å². The highest BCUT2D eigenvalue weighted by Gasteiger charge is 2.21. The smallest absolute Gasteiger partial charge is 0.245 e. The molecule has 1 amide bonds. The maximum absolute atomic E-state index is 12.3. The van der Waals surface area contributed by atoms with Gasteiger partial charge in [0.1, 0.15) is 12.3 Å². The Morgan fingerprint density at radius 2 is 1.68 bits per heavy atom. The Morgan fingerprint density at radius 3 is 2.16 bits per heavy atom. The highest BCUT2D eigenvalue weighted by molar-refractivity contribution is 7.92. The zero-order chi connectivity index (χ0) is 18.6. The van der Waals surface area contributed by atoms with Crippen LogP contribution in [0.15, 0.2) is 42.5 Å². The summed E-state index contributed by atoms with van der Waals surface area (Å²) in [6, 6.07) is 10.9. The Bertz CT molecular complexity index is 850. The van der Waals surface area contributed by atoms with Crippen molar-refractivity contribution < 1.29 is 17.9 Å². The van der Waals surface area contributed by atoms with E-state index >= 15 is 0 Å². The van der Waals surface area contributed by atoms with E-state index in [2.05, 4.69) is 5.32 Å². The number of carbonyl (C=O) groups excluding carboxylic acids is 1. The van der Waals surface area contributed by atoms with Crippen LogP contribution in [0.3, 0.4) is 0 Å². The molecule has 9 heteroatoms. The number of anilines is 2. The van der Waals surface area contributed by atoms with Crippen molar-refractivity contribution in [1.29, 1.82) is 0 Å². The largest absolute Gasteiger partial charge is 0.497 e. The number of methoxy groups -OCH3 is 1. The van der Waals surface area contributed by atoms with E-state index in [1.54, 1.807) is 24.3 Å². The number of carbonyl (C=O) groups is 1. The zero-order valence-corrected chi connectivity index (χ0v) is 15.8. The molecule has 0 heterocycles. The van der Waals surface area contributed by atoms with Crippen molar-refractivity contribution in [1.82, 2.24) is 0 Å². The number of amides is 1. The molecule has 2 aromatic rings. The third kappa shape index (κ3) is 5.52. The molecule has 0 aromatic heterocycles. The van der Waals surface area contributed by atoms with Gasteiger partial charge in [0.05, 0.1) is 19.1 Å². The molecule has 6 nitrogen and oxygen atoms in total. The second-order valence-corrected chi connectivity index (χ2v) is 7.95. The SMILES string of the molecule is COc1ccc(N(CC(=O)Nc2cc(Cl)cc(Cl)c2)S(C)(=O)=O)cc1. The van der Waals surface area contributed by atoms with Gasteiger partial charge >= 0.3 is 0 Å². The summed E-state index contributed by atoms with van der Waals surface area (Å²) in [5, 5.41) is 3.30. The standard InChI is InChI=1S/C16H16Cl2N2O4S/c1-24-15-5-3-14(4-6-15)20(25(2,22)23)10-16(21)19-13-8-11(17)7-12(18)9-13/h3-9H,10H2,1-2H3,(H,19,21). The van der Waals surface area contributed by atoms with Gasteiger partial charge in [-0.1, -0.05) is 23.2 Å². The van der Waals surface area contributed by atoms with Crippen LogP contribution in [0.4, 0.5) is 11.4 Å². The molecule has 0 aliphatic carbocycles. The normalized spacial score (nSPS) is 11.0. The fourth-order valence-electron chi connectivity index (χ4n) is 2.11. The van der Waals surface area contributed by atoms with Crippen molar-refractivity contribution in [2.75, 3.05) is 29.5 Å². The van der Waals surface area contributed by atoms with Gasteiger partial charge in [-0.05, 0) is 42.5 Å². The van der Waals surface area contributed by atoms with Crippen LogP contribution in [-0.2, 0) is 14.8 Å². The van der Waals surface area contributed by atoms with Crippen LogP contribution in [0.25, 0.3) is 0 Å². The van der Waals surface area contributed by atoms with Crippen molar-refractivity contribution >= 4 is 50.5 Å². The van der Waals surface area contributed by atoms with Crippen LogP contribution < -0.4 is 14.4 Å². The minimum Gasteiger partial charge on any atom is -0.497 e. The van der Waals surface area contributed by atoms with Gasteiger partial charge < -0.3 is 10.1 Å². The van der Waals surface area contributed by atoms with Gasteiger partial charge in [-0.15, -0.1) is 0 Å². The molecule has 0 saturated carbocycles. The number of nitrogens with zero attached hydrogens (tertiary/aromatic N) is 1. The summed E-state index contributed by atoms with van der Waals surface area (Å²) in [5.74, 6) is 0.0507. The fraction of sp³-hybridized carbons (Fsp3) is 0.188. The highest BCUT2D eigenvalue weighted by Crippen LogP contribution is 2.24. The molecule has 0 atom stereocenters. The first-order valence-electron chi connectivity index (χ1n) is 7.07. The van der Waals surface area contributed by atoms with E-state index in [4.69, 9.17) is 27.9 Å². The lowest BCUT2D eigenvalue weighted by molar-refractivity contribution is -0.114. The van der Waals surface area contributed by atoms with Crippen LogP contribution in [0.1, 0.15) is 0 Å². The predicted molar refractivity (Wildman–Crippen MR) is 100 cm³/mol. The van der Waals surface area contributed by atoms with Gasteiger partial charge in [0, 0.05) is 15.7 Å². The first-order chi connectivity index (χ1) is 11.7. The van der Waals surface area contributed by atoms with Gasteiger partial charge in [0.2, 0.25) is 15.9 Å². The maximum atomic E-state index is 12.3. The molecular weight excluding hydrogens is 387 g/mol. The van der Waals surface area contributed by atoms with Crippen LogP contribution in [-0.4, -0.2) is 34.2 Å². The second-order valence-electron chi connectivity index (χ2n) is 5.17. The fourth-order valence-corrected chi connectivity index (χ4v) is 3.49. The van der Waals surface area contributed by atoms with E-state index < -0.39 is 22.5 Å². The third-order valence-electron chi connectivity index (χ3n) is 3.19. The van der Waals surface area contributed by atoms with Gasteiger partial charge in [-0.3, -0.25) is 9.10 Å². The molecule has 0 saturated heterocycles. The quantitative estimate of drug-likeness (QED) is 0.802. The monoisotopic (exact) mass is 402 g/mol. The van der Waals surface area contributed by atoms with Crippen molar-refractivity contribution in [3.05, 3.63) is 52.5 Å². The number of sulfonamides is 1. The van der Waals surface area contributed by atoms with Crippen molar-refractivity contribution in [2.24, 2.45) is 0 Å². The summed E-state index contributed by atoms with van der Waals surface area (Å²) in [5.41, 5.74) is 0.730. The molecule has 1 N–H and O–H groups in total. The van der Waals surface area contributed by atoms with E-state index in [-0.39, 0.29) is 0 Å². The van der Waals surface area contributed by atoms with E-state index in [1.165, 1.54) is 25.3 Å². The minimum absolute atomic E-state index is 0.350. The molecule has 0 aliphatic rings. The second kappa shape index (κ2) is 7.95. The lowest BCUT2D eigenvalue weighted by Crippen LogP contribution is -2.37. The molecule has 0 bridgehead atoms. The van der Waals surface area contributed by atoms with Crippen molar-refractivity contribution in [3.63, 3.8) is 0 Å². The first kappa shape index (κ1) is 19.4. The van der Waals surface area contributed by atoms with Gasteiger partial charge in [0.25, 0.3) is 0 Å². The van der Waals surface area contributed by atoms with Crippen molar-refractivity contribution in [3.8, 4) is 5.75 Å². The Morgan fingerprint density at radius 1 is 1.12 bits per heavy atom. The molecule has 0 fully saturated rings. The number of benzene rings is 2. The molecule has 25 heavy (non-hydrogen) atoms. The molecule has 2 aromatic carbocycles. The summed E-state index contributed by atoms with van der Waals surface area (Å²) < 4.78 is 30.1.